The van der Waals surface area contributed by atoms with E-state index in [1.165, 1.54) is 0 Å². The first-order valence-electron chi connectivity index (χ1n) is 7.98. The first-order chi connectivity index (χ1) is 12.2. The summed E-state index contributed by atoms with van der Waals surface area (Å²) in [4.78, 5) is 16.5. The second-order valence-corrected chi connectivity index (χ2v) is 6.42. The van der Waals surface area contributed by atoms with Crippen LogP contribution in [0.3, 0.4) is 0 Å². The Bertz CT molecular complexity index is 909. The molecule has 4 rings (SSSR count). The summed E-state index contributed by atoms with van der Waals surface area (Å²) >= 11 is 5.99. The zero-order valence-corrected chi connectivity index (χ0v) is 14.1. The molecule has 6 heteroatoms. The number of carbonyl (C=O) groups excluding carboxylic acids is 1. The van der Waals surface area contributed by atoms with Crippen molar-refractivity contribution in [1.29, 1.82) is 0 Å². The average Bonchev–Trinajstić information content (AvgIpc) is 3.24. The van der Waals surface area contributed by atoms with Crippen LogP contribution in [0.2, 0.25) is 5.02 Å². The minimum Gasteiger partial charge on any atom is -0.480 e. The van der Waals surface area contributed by atoms with Crippen molar-refractivity contribution in [3.8, 4) is 5.75 Å². The monoisotopic (exact) mass is 353 g/mol. The Kier molecular flexibility index (Phi) is 4.15. The average molecular weight is 354 g/mol. The third-order valence-electron chi connectivity index (χ3n) is 4.11. The van der Waals surface area contributed by atoms with E-state index >= 15 is 0 Å². The van der Waals surface area contributed by atoms with Gasteiger partial charge in [-0.1, -0.05) is 23.7 Å². The molecule has 3 aromatic rings. The van der Waals surface area contributed by atoms with Crippen LogP contribution in [0.5, 0.6) is 5.75 Å². The van der Waals surface area contributed by atoms with Crippen molar-refractivity contribution >= 4 is 23.2 Å². The molecule has 0 bridgehead atoms. The number of halogens is 1. The lowest BCUT2D eigenvalue weighted by Gasteiger charge is -2.12. The Morgan fingerprint density at radius 3 is 3.08 bits per heavy atom. The van der Waals surface area contributed by atoms with Crippen LogP contribution >= 0.6 is 11.6 Å². The van der Waals surface area contributed by atoms with Gasteiger partial charge in [0.05, 0.1) is 6.33 Å². The highest BCUT2D eigenvalue weighted by molar-refractivity contribution is 6.30. The normalized spacial score (nSPS) is 15.5. The molecular formula is C19H16ClN3O2. The number of carbonyl (C=O) groups is 1. The highest BCUT2D eigenvalue weighted by atomic mass is 35.5. The number of hydrogen-bond donors (Lipinski definition) is 1. The molecule has 1 N–H and O–H groups in total. The van der Waals surface area contributed by atoms with Gasteiger partial charge in [-0.3, -0.25) is 4.79 Å². The predicted octanol–water partition coefficient (Wildman–Crippen LogP) is 3.53. The van der Waals surface area contributed by atoms with E-state index in [1.807, 2.05) is 41.1 Å². The summed E-state index contributed by atoms with van der Waals surface area (Å²) in [6.07, 6.45) is 5.40. The number of anilines is 1. The zero-order chi connectivity index (χ0) is 17.2. The lowest BCUT2D eigenvalue weighted by molar-refractivity contribution is -0.122. The Morgan fingerprint density at radius 2 is 2.24 bits per heavy atom. The van der Waals surface area contributed by atoms with Crippen LogP contribution in [-0.4, -0.2) is 21.6 Å². The van der Waals surface area contributed by atoms with Crippen molar-refractivity contribution in [2.75, 3.05) is 5.32 Å². The molecule has 0 saturated heterocycles. The minimum absolute atomic E-state index is 0.160. The number of ether oxygens (including phenoxy) is 1. The number of amides is 1. The van der Waals surface area contributed by atoms with E-state index in [2.05, 4.69) is 10.3 Å². The summed E-state index contributed by atoms with van der Waals surface area (Å²) in [6, 6.07) is 13.2. The maximum absolute atomic E-state index is 12.5. The van der Waals surface area contributed by atoms with E-state index in [-0.39, 0.29) is 5.91 Å². The number of nitrogens with zero attached hydrogens (tertiary/aromatic N) is 2. The maximum Gasteiger partial charge on any atom is 0.265 e. The largest absolute Gasteiger partial charge is 0.480 e. The van der Waals surface area contributed by atoms with Gasteiger partial charge in [0, 0.05) is 36.1 Å². The fourth-order valence-corrected chi connectivity index (χ4v) is 3.12. The van der Waals surface area contributed by atoms with Gasteiger partial charge in [-0.25, -0.2) is 4.98 Å². The van der Waals surface area contributed by atoms with Crippen molar-refractivity contribution in [1.82, 2.24) is 9.55 Å². The second kappa shape index (κ2) is 6.61. The first kappa shape index (κ1) is 15.7. The molecule has 1 aliphatic heterocycles. The quantitative estimate of drug-likeness (QED) is 0.780. The fraction of sp³-hybridized carbons (Fsp3) is 0.158. The van der Waals surface area contributed by atoms with Crippen molar-refractivity contribution in [3.05, 3.63) is 77.3 Å². The van der Waals surface area contributed by atoms with Crippen LogP contribution in [0, 0.1) is 0 Å². The molecule has 1 atom stereocenters. The van der Waals surface area contributed by atoms with E-state index in [1.54, 1.807) is 24.7 Å². The van der Waals surface area contributed by atoms with E-state index in [9.17, 15) is 4.79 Å². The molecule has 25 heavy (non-hydrogen) atoms. The Morgan fingerprint density at radius 1 is 1.32 bits per heavy atom. The zero-order valence-electron chi connectivity index (χ0n) is 13.4. The molecule has 0 spiro atoms. The third kappa shape index (κ3) is 3.51. The summed E-state index contributed by atoms with van der Waals surface area (Å²) in [5.74, 6) is 0.561. The Labute approximate surface area is 150 Å². The highest BCUT2D eigenvalue weighted by Crippen LogP contribution is 2.31. The topological polar surface area (TPSA) is 56.2 Å². The summed E-state index contributed by atoms with van der Waals surface area (Å²) < 4.78 is 7.70. The van der Waals surface area contributed by atoms with E-state index in [0.29, 0.717) is 18.0 Å². The Hall–Kier alpha value is -2.79. The van der Waals surface area contributed by atoms with Gasteiger partial charge in [0.15, 0.2) is 6.10 Å². The summed E-state index contributed by atoms with van der Waals surface area (Å²) in [5, 5.41) is 3.58. The van der Waals surface area contributed by atoms with Crippen LogP contribution < -0.4 is 10.1 Å². The number of aromatic nitrogens is 2. The van der Waals surface area contributed by atoms with Crippen molar-refractivity contribution in [2.45, 2.75) is 19.1 Å². The molecule has 5 nitrogen and oxygen atoms in total. The minimum atomic E-state index is -0.536. The maximum atomic E-state index is 12.5. The van der Waals surface area contributed by atoms with Crippen LogP contribution in [0.25, 0.3) is 0 Å². The molecule has 2 aromatic carbocycles. The standard InChI is InChI=1S/C19H16ClN3O2/c20-15-4-5-17-14(9-15)10-18(25-17)19(24)22-16-3-1-2-13(8-16)11-23-7-6-21-12-23/h1-9,12,18H,10-11H2,(H,22,24). The predicted molar refractivity (Wildman–Crippen MR) is 96.0 cm³/mol. The molecule has 2 heterocycles. The molecule has 0 fully saturated rings. The Balaban J connectivity index is 1.43. The van der Waals surface area contributed by atoms with Crippen LogP contribution in [0.1, 0.15) is 11.1 Å². The molecule has 126 valence electrons. The molecule has 0 aliphatic carbocycles. The lowest BCUT2D eigenvalue weighted by Crippen LogP contribution is -2.31. The SMILES string of the molecule is O=C(Nc1cccc(Cn2ccnc2)c1)C1Cc2cc(Cl)ccc2O1. The fourth-order valence-electron chi connectivity index (χ4n) is 2.92. The number of hydrogen-bond acceptors (Lipinski definition) is 3. The molecule has 0 saturated carbocycles. The van der Waals surface area contributed by atoms with Gasteiger partial charge in [0.1, 0.15) is 5.75 Å². The van der Waals surface area contributed by atoms with Gasteiger partial charge in [-0.2, -0.15) is 0 Å². The number of imidazole rings is 1. The summed E-state index contributed by atoms with van der Waals surface area (Å²) in [7, 11) is 0. The molecular weight excluding hydrogens is 338 g/mol. The van der Waals surface area contributed by atoms with Gasteiger partial charge < -0.3 is 14.6 Å². The third-order valence-corrected chi connectivity index (χ3v) is 4.34. The summed E-state index contributed by atoms with van der Waals surface area (Å²) in [5.41, 5.74) is 2.79. The molecule has 0 radical (unpaired) electrons. The van der Waals surface area contributed by atoms with Crippen molar-refractivity contribution in [3.63, 3.8) is 0 Å². The van der Waals surface area contributed by atoms with Crippen molar-refractivity contribution < 1.29 is 9.53 Å². The molecule has 1 aliphatic rings. The molecule has 1 aromatic heterocycles. The van der Waals surface area contributed by atoms with Gasteiger partial charge in [-0.05, 0) is 41.5 Å². The number of benzene rings is 2. The van der Waals surface area contributed by atoms with Crippen molar-refractivity contribution in [2.24, 2.45) is 0 Å². The van der Waals surface area contributed by atoms with Gasteiger partial charge in [-0.15, -0.1) is 0 Å². The summed E-state index contributed by atoms with van der Waals surface area (Å²) in [6.45, 7) is 0.702. The first-order valence-corrected chi connectivity index (χ1v) is 8.36. The number of fused-ring (bicyclic) bond motifs is 1. The lowest BCUT2D eigenvalue weighted by atomic mass is 10.1. The highest BCUT2D eigenvalue weighted by Gasteiger charge is 2.29. The molecule has 1 amide bonds. The van der Waals surface area contributed by atoms with E-state index in [4.69, 9.17) is 16.3 Å². The number of rotatable bonds is 4. The van der Waals surface area contributed by atoms with E-state index < -0.39 is 6.10 Å². The smallest absolute Gasteiger partial charge is 0.265 e. The van der Waals surface area contributed by atoms with Gasteiger partial charge in [0.2, 0.25) is 0 Å². The van der Waals surface area contributed by atoms with Crippen LogP contribution in [0.15, 0.2) is 61.2 Å². The molecule has 1 unspecified atom stereocenters. The van der Waals surface area contributed by atoms with Gasteiger partial charge >= 0.3 is 0 Å². The second-order valence-electron chi connectivity index (χ2n) is 5.99. The number of nitrogens with one attached hydrogen (secondary N) is 1. The van der Waals surface area contributed by atoms with Crippen LogP contribution in [-0.2, 0) is 17.8 Å². The van der Waals surface area contributed by atoms with E-state index in [0.717, 1.165) is 22.6 Å². The van der Waals surface area contributed by atoms with Gasteiger partial charge in [0.25, 0.3) is 5.91 Å². The van der Waals surface area contributed by atoms with Crippen LogP contribution in [0.4, 0.5) is 5.69 Å².